The van der Waals surface area contributed by atoms with Gasteiger partial charge in [0.25, 0.3) is 5.89 Å². The number of fused-ring (bicyclic) bond motifs is 1. The van der Waals surface area contributed by atoms with Crippen molar-refractivity contribution >= 4 is 11.3 Å². The number of thiophene rings is 1. The third-order valence-corrected chi connectivity index (χ3v) is 4.48. The molecule has 96 valence electrons. The number of nitrogens with one attached hydrogen (secondary N) is 1. The summed E-state index contributed by atoms with van der Waals surface area (Å²) in [6, 6.07) is 2.24. The Morgan fingerprint density at radius 2 is 2.17 bits per heavy atom. The van der Waals surface area contributed by atoms with Gasteiger partial charge in [-0.1, -0.05) is 6.42 Å². The molecule has 0 unspecified atom stereocenters. The van der Waals surface area contributed by atoms with Crippen molar-refractivity contribution in [2.75, 3.05) is 7.05 Å². The second-order valence-electron chi connectivity index (χ2n) is 4.65. The van der Waals surface area contributed by atoms with Crippen molar-refractivity contribution in [1.29, 1.82) is 0 Å². The molecular formula is C13H17N3OS. The zero-order valence-corrected chi connectivity index (χ0v) is 11.3. The van der Waals surface area contributed by atoms with E-state index >= 15 is 0 Å². The van der Waals surface area contributed by atoms with Crippen molar-refractivity contribution in [2.45, 2.75) is 38.6 Å². The lowest BCUT2D eigenvalue weighted by Crippen LogP contribution is -2.04. The highest BCUT2D eigenvalue weighted by atomic mass is 32.1. The zero-order valence-electron chi connectivity index (χ0n) is 10.5. The Morgan fingerprint density at radius 1 is 1.28 bits per heavy atom. The summed E-state index contributed by atoms with van der Waals surface area (Å²) in [7, 11) is 1.87. The van der Waals surface area contributed by atoms with Crippen molar-refractivity contribution in [1.82, 2.24) is 15.5 Å². The summed E-state index contributed by atoms with van der Waals surface area (Å²) in [6.07, 6.45) is 6.37. The first-order valence-electron chi connectivity index (χ1n) is 6.46. The topological polar surface area (TPSA) is 51.0 Å². The molecule has 0 fully saturated rings. The highest BCUT2D eigenvalue weighted by Gasteiger charge is 2.16. The summed E-state index contributed by atoms with van der Waals surface area (Å²) >= 11 is 1.82. The van der Waals surface area contributed by atoms with E-state index in [-0.39, 0.29) is 0 Å². The van der Waals surface area contributed by atoms with E-state index < -0.39 is 0 Å². The van der Waals surface area contributed by atoms with Gasteiger partial charge in [-0.2, -0.15) is 0 Å². The van der Waals surface area contributed by atoms with Gasteiger partial charge < -0.3 is 9.73 Å². The fraction of sp³-hybridized carbons (Fsp3) is 0.538. The normalized spacial score (nSPS) is 15.4. The second kappa shape index (κ2) is 5.20. The smallest absolute Gasteiger partial charge is 0.257 e. The molecular weight excluding hydrogens is 246 g/mol. The van der Waals surface area contributed by atoms with Crippen LogP contribution in [0.1, 0.15) is 35.6 Å². The summed E-state index contributed by atoms with van der Waals surface area (Å²) in [5.74, 6) is 1.31. The van der Waals surface area contributed by atoms with Gasteiger partial charge in [-0.3, -0.25) is 0 Å². The Labute approximate surface area is 110 Å². The molecule has 4 nitrogen and oxygen atoms in total. The summed E-state index contributed by atoms with van der Waals surface area (Å²) in [4.78, 5) is 2.63. The van der Waals surface area contributed by atoms with Crippen molar-refractivity contribution in [3.05, 3.63) is 22.4 Å². The molecule has 18 heavy (non-hydrogen) atoms. The number of aromatic nitrogens is 2. The van der Waals surface area contributed by atoms with E-state index in [1.807, 2.05) is 18.4 Å². The van der Waals surface area contributed by atoms with E-state index in [2.05, 4.69) is 21.6 Å². The highest BCUT2D eigenvalue weighted by Crippen LogP contribution is 2.34. The van der Waals surface area contributed by atoms with Gasteiger partial charge in [-0.25, -0.2) is 0 Å². The molecule has 2 heterocycles. The quantitative estimate of drug-likeness (QED) is 0.865. The molecule has 0 radical (unpaired) electrons. The Bertz CT molecular complexity index is 509. The first kappa shape index (κ1) is 11.9. The average Bonchev–Trinajstić information content (AvgIpc) is 2.93. The number of aryl methyl sites for hydroxylation is 2. The Hall–Kier alpha value is -1.20. The molecule has 0 aliphatic heterocycles. The standard InChI is InChI=1S/C13H17N3OS/c1-14-8-12-15-16-13(17-12)11-7-9-5-3-2-4-6-10(9)18-11/h7,14H,2-6,8H2,1H3. The highest BCUT2D eigenvalue weighted by molar-refractivity contribution is 7.15. The van der Waals surface area contributed by atoms with Crippen LogP contribution < -0.4 is 5.32 Å². The maximum absolute atomic E-state index is 5.64. The average molecular weight is 263 g/mol. The van der Waals surface area contributed by atoms with Crippen LogP contribution >= 0.6 is 11.3 Å². The number of hydrogen-bond donors (Lipinski definition) is 1. The van der Waals surface area contributed by atoms with Gasteiger partial charge in [-0.05, 0) is 44.4 Å². The number of nitrogens with zero attached hydrogens (tertiary/aromatic N) is 2. The van der Waals surface area contributed by atoms with E-state index in [1.54, 1.807) is 0 Å². The van der Waals surface area contributed by atoms with E-state index in [9.17, 15) is 0 Å². The van der Waals surface area contributed by atoms with Crippen LogP contribution in [0.15, 0.2) is 10.5 Å². The van der Waals surface area contributed by atoms with Gasteiger partial charge in [0.15, 0.2) is 0 Å². The van der Waals surface area contributed by atoms with Gasteiger partial charge in [0.05, 0.1) is 11.4 Å². The zero-order chi connectivity index (χ0) is 12.4. The molecule has 0 aromatic carbocycles. The van der Waals surface area contributed by atoms with Crippen LogP contribution in [0, 0.1) is 0 Å². The van der Waals surface area contributed by atoms with Crippen LogP contribution in [0.25, 0.3) is 10.8 Å². The van der Waals surface area contributed by atoms with E-state index in [0.717, 1.165) is 4.88 Å². The van der Waals surface area contributed by atoms with E-state index in [4.69, 9.17) is 4.42 Å². The lowest BCUT2D eigenvalue weighted by molar-refractivity contribution is 0.491. The van der Waals surface area contributed by atoms with Crippen LogP contribution in [-0.4, -0.2) is 17.2 Å². The largest absolute Gasteiger partial charge is 0.419 e. The third-order valence-electron chi connectivity index (χ3n) is 3.25. The predicted octanol–water partition coefficient (Wildman–Crippen LogP) is 2.79. The van der Waals surface area contributed by atoms with Crippen molar-refractivity contribution in [3.8, 4) is 10.8 Å². The molecule has 0 amide bonds. The third kappa shape index (κ3) is 2.33. The molecule has 0 saturated carbocycles. The SMILES string of the molecule is CNCc1nnc(-c2cc3c(s2)CCCCC3)o1. The van der Waals surface area contributed by atoms with Crippen LogP contribution in [0.2, 0.25) is 0 Å². The van der Waals surface area contributed by atoms with Crippen molar-refractivity contribution in [2.24, 2.45) is 0 Å². The molecule has 1 N–H and O–H groups in total. The molecule has 2 aromatic heterocycles. The molecule has 0 spiro atoms. The van der Waals surface area contributed by atoms with Crippen molar-refractivity contribution in [3.63, 3.8) is 0 Å². The first-order valence-corrected chi connectivity index (χ1v) is 7.27. The Morgan fingerprint density at radius 3 is 3.06 bits per heavy atom. The lowest BCUT2D eigenvalue weighted by Gasteiger charge is -1.92. The van der Waals surface area contributed by atoms with E-state index in [0.29, 0.717) is 18.3 Å². The van der Waals surface area contributed by atoms with Gasteiger partial charge in [0.1, 0.15) is 0 Å². The van der Waals surface area contributed by atoms with Crippen LogP contribution in [0.5, 0.6) is 0 Å². The summed E-state index contributed by atoms with van der Waals surface area (Å²) in [5.41, 5.74) is 1.49. The van der Waals surface area contributed by atoms with E-state index in [1.165, 1.54) is 42.5 Å². The van der Waals surface area contributed by atoms with Gasteiger partial charge in [0, 0.05) is 4.88 Å². The molecule has 0 bridgehead atoms. The molecule has 0 atom stereocenters. The van der Waals surface area contributed by atoms with Crippen LogP contribution in [-0.2, 0) is 19.4 Å². The predicted molar refractivity (Wildman–Crippen MR) is 71.6 cm³/mol. The minimum absolute atomic E-state index is 0.623. The second-order valence-corrected chi connectivity index (χ2v) is 5.79. The van der Waals surface area contributed by atoms with Gasteiger partial charge in [0.2, 0.25) is 5.89 Å². The first-order chi connectivity index (χ1) is 8.86. The van der Waals surface area contributed by atoms with Gasteiger partial charge in [-0.15, -0.1) is 21.5 Å². The maximum atomic E-state index is 5.64. The van der Waals surface area contributed by atoms with Crippen LogP contribution in [0.4, 0.5) is 0 Å². The number of hydrogen-bond acceptors (Lipinski definition) is 5. The summed E-state index contributed by atoms with van der Waals surface area (Å²) in [6.45, 7) is 0.623. The Kier molecular flexibility index (Phi) is 3.43. The molecule has 2 aromatic rings. The monoisotopic (exact) mass is 263 g/mol. The molecule has 0 saturated heterocycles. The fourth-order valence-electron chi connectivity index (χ4n) is 2.35. The maximum Gasteiger partial charge on any atom is 0.257 e. The lowest BCUT2D eigenvalue weighted by atomic mass is 10.1. The summed E-state index contributed by atoms with van der Waals surface area (Å²) in [5, 5.41) is 11.2. The molecule has 1 aliphatic carbocycles. The minimum Gasteiger partial charge on any atom is -0.419 e. The fourth-order valence-corrected chi connectivity index (χ4v) is 3.52. The molecule has 1 aliphatic rings. The van der Waals surface area contributed by atoms with Gasteiger partial charge >= 0.3 is 0 Å². The molecule has 5 heteroatoms. The number of rotatable bonds is 3. The Balaban J connectivity index is 1.87. The minimum atomic E-state index is 0.623. The van der Waals surface area contributed by atoms with Crippen LogP contribution in [0.3, 0.4) is 0 Å². The summed E-state index contributed by atoms with van der Waals surface area (Å²) < 4.78 is 5.64. The molecule has 3 rings (SSSR count). The van der Waals surface area contributed by atoms with Crippen molar-refractivity contribution < 1.29 is 4.42 Å².